The molecule has 1 rings (SSSR count). The van der Waals surface area contributed by atoms with Crippen LogP contribution < -0.4 is 5.32 Å². The molecule has 0 saturated heterocycles. The second-order valence-electron chi connectivity index (χ2n) is 4.91. The lowest BCUT2D eigenvalue weighted by atomic mass is 9.84. The summed E-state index contributed by atoms with van der Waals surface area (Å²) in [5, 5.41) is 12.0. The Hall–Kier alpha value is -1.33. The highest BCUT2D eigenvalue weighted by atomic mass is 14.9. The van der Waals surface area contributed by atoms with E-state index in [0.29, 0.717) is 0 Å². The molecule has 0 aromatic heterocycles. The summed E-state index contributed by atoms with van der Waals surface area (Å²) >= 11 is 0. The van der Waals surface area contributed by atoms with Crippen LogP contribution >= 0.6 is 0 Å². The van der Waals surface area contributed by atoms with Crippen molar-refractivity contribution in [2.24, 2.45) is 5.92 Å². The third kappa shape index (κ3) is 3.67. The summed E-state index contributed by atoms with van der Waals surface area (Å²) in [6, 6.07) is 12.7. The van der Waals surface area contributed by atoms with E-state index in [1.165, 1.54) is 5.56 Å². The van der Waals surface area contributed by atoms with Crippen molar-refractivity contribution >= 4 is 0 Å². The van der Waals surface area contributed by atoms with Crippen molar-refractivity contribution in [3.63, 3.8) is 0 Å². The Bertz CT molecular complexity index is 349. The number of nitrogens with zero attached hydrogens (tertiary/aromatic N) is 1. The average molecular weight is 216 g/mol. The number of hydrogen-bond acceptors (Lipinski definition) is 2. The molecule has 0 aliphatic carbocycles. The molecule has 1 unspecified atom stereocenters. The molecule has 1 N–H and O–H groups in total. The molecule has 0 spiro atoms. The van der Waals surface area contributed by atoms with E-state index in [4.69, 9.17) is 5.26 Å². The monoisotopic (exact) mass is 216 g/mol. The van der Waals surface area contributed by atoms with Gasteiger partial charge in [-0.2, -0.15) is 5.26 Å². The molecule has 0 fully saturated rings. The Kier molecular flexibility index (Phi) is 4.52. The van der Waals surface area contributed by atoms with Crippen molar-refractivity contribution in [1.82, 2.24) is 5.32 Å². The largest absolute Gasteiger partial charge is 0.315 e. The van der Waals surface area contributed by atoms with Crippen LogP contribution in [0.5, 0.6) is 0 Å². The summed E-state index contributed by atoms with van der Waals surface area (Å²) in [6.45, 7) is 8.01. The van der Waals surface area contributed by atoms with Crippen molar-refractivity contribution in [2.75, 3.05) is 13.1 Å². The average Bonchev–Trinajstić information content (AvgIpc) is 2.30. The Labute approximate surface area is 98.3 Å². The van der Waals surface area contributed by atoms with Crippen molar-refractivity contribution < 1.29 is 0 Å². The second kappa shape index (κ2) is 5.67. The summed E-state index contributed by atoms with van der Waals surface area (Å²) in [6.07, 6.45) is 0. The van der Waals surface area contributed by atoms with Gasteiger partial charge < -0.3 is 5.32 Å². The van der Waals surface area contributed by atoms with Crippen LogP contribution in [0, 0.1) is 17.2 Å². The number of rotatable bonds is 5. The summed E-state index contributed by atoms with van der Waals surface area (Å²) in [7, 11) is 0. The van der Waals surface area contributed by atoms with Gasteiger partial charge in [0.15, 0.2) is 0 Å². The highest BCUT2D eigenvalue weighted by Crippen LogP contribution is 2.21. The first-order valence-electron chi connectivity index (χ1n) is 5.72. The molecule has 0 aliphatic rings. The molecule has 1 atom stereocenters. The van der Waals surface area contributed by atoms with Crippen LogP contribution in [-0.4, -0.2) is 13.1 Å². The summed E-state index contributed by atoms with van der Waals surface area (Å²) in [5.41, 5.74) is 1.43. The molecule has 16 heavy (non-hydrogen) atoms. The number of nitrogens with one attached hydrogen (secondary N) is 1. The molecule has 0 amide bonds. The molecule has 2 nitrogen and oxygen atoms in total. The van der Waals surface area contributed by atoms with E-state index in [9.17, 15) is 0 Å². The molecule has 0 radical (unpaired) electrons. The smallest absolute Gasteiger partial charge is 0.0666 e. The standard InChI is InChI=1S/C14H20N2/c1-12(9-15)10-16-11-14(2,3)13-7-5-4-6-8-13/h4-8,12,16H,10-11H2,1-3H3. The van der Waals surface area contributed by atoms with Gasteiger partial charge in [0.2, 0.25) is 0 Å². The second-order valence-corrected chi connectivity index (χ2v) is 4.91. The zero-order valence-electron chi connectivity index (χ0n) is 10.3. The van der Waals surface area contributed by atoms with Gasteiger partial charge in [-0.05, 0) is 12.5 Å². The van der Waals surface area contributed by atoms with E-state index in [1.807, 2.05) is 13.0 Å². The van der Waals surface area contributed by atoms with Crippen molar-refractivity contribution in [2.45, 2.75) is 26.2 Å². The zero-order chi connectivity index (χ0) is 12.0. The number of benzene rings is 1. The van der Waals surface area contributed by atoms with Crippen molar-refractivity contribution in [3.05, 3.63) is 35.9 Å². The van der Waals surface area contributed by atoms with Gasteiger partial charge in [-0.1, -0.05) is 44.2 Å². The van der Waals surface area contributed by atoms with Crippen LogP contribution in [0.3, 0.4) is 0 Å². The molecule has 1 aromatic carbocycles. The maximum Gasteiger partial charge on any atom is 0.0666 e. The maximum absolute atomic E-state index is 8.69. The van der Waals surface area contributed by atoms with Gasteiger partial charge in [-0.3, -0.25) is 0 Å². The summed E-state index contributed by atoms with van der Waals surface area (Å²) in [5.74, 6) is 0.0755. The molecule has 0 saturated carbocycles. The minimum absolute atomic E-state index is 0.0755. The maximum atomic E-state index is 8.69. The predicted octanol–water partition coefficient (Wildman–Crippen LogP) is 2.71. The van der Waals surface area contributed by atoms with Gasteiger partial charge in [0, 0.05) is 18.5 Å². The fourth-order valence-electron chi connectivity index (χ4n) is 1.64. The van der Waals surface area contributed by atoms with E-state index >= 15 is 0 Å². The number of hydrogen-bond donors (Lipinski definition) is 1. The van der Waals surface area contributed by atoms with Crippen LogP contribution in [0.4, 0.5) is 0 Å². The minimum Gasteiger partial charge on any atom is -0.315 e. The van der Waals surface area contributed by atoms with Gasteiger partial charge in [-0.15, -0.1) is 0 Å². The highest BCUT2D eigenvalue weighted by Gasteiger charge is 2.19. The van der Waals surface area contributed by atoms with Crippen LogP contribution in [0.1, 0.15) is 26.3 Å². The first-order valence-corrected chi connectivity index (χ1v) is 5.72. The van der Waals surface area contributed by atoms with E-state index in [1.54, 1.807) is 0 Å². The van der Waals surface area contributed by atoms with Gasteiger partial charge in [0.1, 0.15) is 0 Å². The SMILES string of the molecule is CC(C#N)CNCC(C)(C)c1ccccc1. The zero-order valence-corrected chi connectivity index (χ0v) is 10.3. The molecule has 2 heteroatoms. The van der Waals surface area contributed by atoms with Crippen molar-refractivity contribution in [3.8, 4) is 6.07 Å². The Morgan fingerprint density at radius 1 is 1.31 bits per heavy atom. The fourth-order valence-corrected chi connectivity index (χ4v) is 1.64. The first kappa shape index (κ1) is 12.7. The van der Waals surface area contributed by atoms with E-state index in [-0.39, 0.29) is 11.3 Å². The molecule has 1 aromatic rings. The Morgan fingerprint density at radius 3 is 2.50 bits per heavy atom. The van der Waals surface area contributed by atoms with Crippen LogP contribution in [0.25, 0.3) is 0 Å². The van der Waals surface area contributed by atoms with Gasteiger partial charge in [0.25, 0.3) is 0 Å². The van der Waals surface area contributed by atoms with Crippen LogP contribution in [0.2, 0.25) is 0 Å². The minimum atomic E-state index is 0.0755. The van der Waals surface area contributed by atoms with Gasteiger partial charge in [-0.25, -0.2) is 0 Å². The lowest BCUT2D eigenvalue weighted by molar-refractivity contribution is 0.455. The summed E-state index contributed by atoms with van der Waals surface area (Å²) < 4.78 is 0. The lowest BCUT2D eigenvalue weighted by Gasteiger charge is -2.26. The molecule has 0 heterocycles. The third-order valence-electron chi connectivity index (χ3n) is 2.79. The quantitative estimate of drug-likeness (QED) is 0.821. The van der Waals surface area contributed by atoms with E-state index < -0.39 is 0 Å². The van der Waals surface area contributed by atoms with Gasteiger partial charge in [0.05, 0.1) is 12.0 Å². The molecular formula is C14H20N2. The molecular weight excluding hydrogens is 196 g/mol. The predicted molar refractivity (Wildman–Crippen MR) is 67.1 cm³/mol. The molecule has 0 bridgehead atoms. The Balaban J connectivity index is 2.50. The molecule has 86 valence electrons. The third-order valence-corrected chi connectivity index (χ3v) is 2.79. The fraction of sp³-hybridized carbons (Fsp3) is 0.500. The van der Waals surface area contributed by atoms with Crippen LogP contribution in [0.15, 0.2) is 30.3 Å². The van der Waals surface area contributed by atoms with E-state index in [0.717, 1.165) is 13.1 Å². The number of nitriles is 1. The van der Waals surface area contributed by atoms with Crippen LogP contribution in [-0.2, 0) is 5.41 Å². The highest BCUT2D eigenvalue weighted by molar-refractivity contribution is 5.23. The first-order chi connectivity index (χ1) is 7.56. The van der Waals surface area contributed by atoms with Gasteiger partial charge >= 0.3 is 0 Å². The normalized spacial score (nSPS) is 13.1. The molecule has 0 aliphatic heterocycles. The topological polar surface area (TPSA) is 35.8 Å². The lowest BCUT2D eigenvalue weighted by Crippen LogP contribution is -2.34. The van der Waals surface area contributed by atoms with Crippen molar-refractivity contribution in [1.29, 1.82) is 5.26 Å². The van der Waals surface area contributed by atoms with E-state index in [2.05, 4.69) is 49.5 Å². The summed E-state index contributed by atoms with van der Waals surface area (Å²) in [4.78, 5) is 0. The Morgan fingerprint density at radius 2 is 1.94 bits per heavy atom.